The van der Waals surface area contributed by atoms with Gasteiger partial charge in [-0.1, -0.05) is 18.2 Å². The van der Waals surface area contributed by atoms with Gasteiger partial charge in [-0.05, 0) is 18.2 Å². The molecule has 0 aliphatic heterocycles. The minimum Gasteiger partial charge on any atom is -0.370 e. The largest absolute Gasteiger partial charge is 0.417 e. The van der Waals surface area contributed by atoms with Crippen LogP contribution in [0, 0.1) is 0 Å². The van der Waals surface area contributed by atoms with Crippen molar-refractivity contribution in [3.8, 4) is 11.3 Å². The van der Waals surface area contributed by atoms with Crippen molar-refractivity contribution in [2.45, 2.75) is 12.6 Å². The Kier molecular flexibility index (Phi) is 5.18. The highest BCUT2D eigenvalue weighted by molar-refractivity contribution is 5.94. The number of primary amides is 1. The fourth-order valence-electron chi connectivity index (χ4n) is 2.04. The van der Waals surface area contributed by atoms with Crippen molar-refractivity contribution in [1.29, 1.82) is 0 Å². The van der Waals surface area contributed by atoms with E-state index in [-0.39, 0.29) is 29.8 Å². The molecule has 8 heteroatoms. The Bertz CT molecular complexity index is 743. The topological polar surface area (TPSA) is 85.1 Å². The lowest BCUT2D eigenvalue weighted by molar-refractivity contribution is -0.137. The number of nitrogens with zero attached hydrogens (tertiary/aromatic N) is 1. The molecule has 5 nitrogen and oxygen atoms in total. The van der Waals surface area contributed by atoms with Crippen molar-refractivity contribution in [1.82, 2.24) is 10.3 Å². The number of amides is 2. The molecule has 2 amide bonds. The molecule has 0 spiro atoms. The van der Waals surface area contributed by atoms with Crippen LogP contribution in [-0.4, -0.2) is 23.3 Å². The summed E-state index contributed by atoms with van der Waals surface area (Å²) in [5, 5.41) is 2.47. The maximum atomic E-state index is 13.0. The SMILES string of the molecule is NC(=O)CCNC(=O)c1ccc(-c2ccccc2C(F)(F)F)nc1. The molecule has 3 N–H and O–H groups in total. The summed E-state index contributed by atoms with van der Waals surface area (Å²) >= 11 is 0. The van der Waals surface area contributed by atoms with E-state index in [1.165, 1.54) is 36.5 Å². The first-order chi connectivity index (χ1) is 11.3. The zero-order chi connectivity index (χ0) is 17.7. The van der Waals surface area contributed by atoms with Gasteiger partial charge in [0.15, 0.2) is 0 Å². The zero-order valence-corrected chi connectivity index (χ0v) is 12.4. The van der Waals surface area contributed by atoms with Crippen molar-refractivity contribution >= 4 is 11.8 Å². The normalized spacial score (nSPS) is 11.1. The lowest BCUT2D eigenvalue weighted by atomic mass is 10.0. The van der Waals surface area contributed by atoms with Gasteiger partial charge in [0.2, 0.25) is 5.91 Å². The molecule has 0 fully saturated rings. The van der Waals surface area contributed by atoms with Crippen LogP contribution in [0.2, 0.25) is 0 Å². The Morgan fingerprint density at radius 2 is 1.83 bits per heavy atom. The molecule has 2 aromatic rings. The number of nitrogens with one attached hydrogen (secondary N) is 1. The zero-order valence-electron chi connectivity index (χ0n) is 12.4. The van der Waals surface area contributed by atoms with Crippen LogP contribution in [0.15, 0.2) is 42.6 Å². The maximum absolute atomic E-state index is 13.0. The summed E-state index contributed by atoms with van der Waals surface area (Å²) in [6.45, 7) is 0.0762. The highest BCUT2D eigenvalue weighted by atomic mass is 19.4. The fraction of sp³-hybridized carbons (Fsp3) is 0.188. The van der Waals surface area contributed by atoms with Crippen molar-refractivity contribution < 1.29 is 22.8 Å². The first-order valence-electron chi connectivity index (χ1n) is 6.98. The van der Waals surface area contributed by atoms with Crippen molar-refractivity contribution in [2.75, 3.05) is 6.54 Å². The number of nitrogens with two attached hydrogens (primary N) is 1. The lowest BCUT2D eigenvalue weighted by Gasteiger charge is -2.12. The van der Waals surface area contributed by atoms with E-state index in [2.05, 4.69) is 10.3 Å². The van der Waals surface area contributed by atoms with E-state index in [0.29, 0.717) is 0 Å². The molecule has 0 atom stereocenters. The highest BCUT2D eigenvalue weighted by Crippen LogP contribution is 2.36. The Labute approximate surface area is 135 Å². The van der Waals surface area contributed by atoms with Crippen LogP contribution >= 0.6 is 0 Å². The quantitative estimate of drug-likeness (QED) is 0.878. The Morgan fingerprint density at radius 1 is 1.12 bits per heavy atom. The number of alkyl halides is 3. The minimum absolute atomic E-state index is 0.00376. The van der Waals surface area contributed by atoms with Crippen LogP contribution in [0.1, 0.15) is 22.3 Å². The maximum Gasteiger partial charge on any atom is 0.417 e. The van der Waals surface area contributed by atoms with Gasteiger partial charge < -0.3 is 11.1 Å². The second kappa shape index (κ2) is 7.12. The van der Waals surface area contributed by atoms with Crippen molar-refractivity contribution in [3.05, 3.63) is 53.7 Å². The third kappa shape index (κ3) is 4.31. The van der Waals surface area contributed by atoms with Gasteiger partial charge in [0.25, 0.3) is 5.91 Å². The monoisotopic (exact) mass is 337 g/mol. The standard InChI is InChI=1S/C16H14F3N3O2/c17-16(18,19)12-4-2-1-3-11(12)13-6-5-10(9-22-13)15(24)21-8-7-14(20)23/h1-6,9H,7-8H2,(H2,20,23)(H,21,24). The molecule has 126 valence electrons. The van der Waals surface area contributed by atoms with E-state index in [4.69, 9.17) is 5.73 Å². The van der Waals surface area contributed by atoms with Crippen LogP contribution in [0.5, 0.6) is 0 Å². The van der Waals surface area contributed by atoms with Crippen molar-refractivity contribution in [3.63, 3.8) is 0 Å². The third-order valence-corrected chi connectivity index (χ3v) is 3.19. The van der Waals surface area contributed by atoms with Crippen LogP contribution in [-0.2, 0) is 11.0 Å². The Hall–Kier alpha value is -2.90. The smallest absolute Gasteiger partial charge is 0.370 e. The molecule has 0 aliphatic rings. The second-order valence-corrected chi connectivity index (χ2v) is 4.95. The van der Waals surface area contributed by atoms with Crippen LogP contribution in [0.25, 0.3) is 11.3 Å². The molecular formula is C16H14F3N3O2. The number of halogens is 3. The van der Waals surface area contributed by atoms with Gasteiger partial charge in [0.1, 0.15) is 0 Å². The number of carbonyl (C=O) groups is 2. The molecular weight excluding hydrogens is 323 g/mol. The van der Waals surface area contributed by atoms with Gasteiger partial charge in [0, 0.05) is 24.7 Å². The molecule has 0 bridgehead atoms. The number of rotatable bonds is 5. The van der Waals surface area contributed by atoms with Gasteiger partial charge in [-0.15, -0.1) is 0 Å². The molecule has 1 heterocycles. The second-order valence-electron chi connectivity index (χ2n) is 4.95. The molecule has 24 heavy (non-hydrogen) atoms. The van der Waals surface area contributed by atoms with E-state index in [9.17, 15) is 22.8 Å². The predicted molar refractivity (Wildman–Crippen MR) is 80.8 cm³/mol. The van der Waals surface area contributed by atoms with E-state index in [1.54, 1.807) is 0 Å². The lowest BCUT2D eigenvalue weighted by Crippen LogP contribution is -2.27. The summed E-state index contributed by atoms with van der Waals surface area (Å²) in [5.41, 5.74) is 4.38. The first-order valence-corrected chi connectivity index (χ1v) is 6.98. The van der Waals surface area contributed by atoms with Gasteiger partial charge in [-0.25, -0.2) is 0 Å². The molecule has 1 aromatic heterocycles. The average molecular weight is 337 g/mol. The number of hydrogen-bond acceptors (Lipinski definition) is 3. The summed E-state index contributed by atoms with van der Waals surface area (Å²) in [4.78, 5) is 26.4. The van der Waals surface area contributed by atoms with Gasteiger partial charge in [-0.2, -0.15) is 13.2 Å². The van der Waals surface area contributed by atoms with Crippen LogP contribution in [0.4, 0.5) is 13.2 Å². The molecule has 0 aliphatic carbocycles. The summed E-state index contributed by atoms with van der Waals surface area (Å²) in [5.74, 6) is -1.04. The van der Waals surface area contributed by atoms with E-state index < -0.39 is 23.6 Å². The number of benzene rings is 1. The summed E-state index contributed by atoms with van der Waals surface area (Å²) in [6, 6.07) is 7.78. The highest BCUT2D eigenvalue weighted by Gasteiger charge is 2.33. The molecule has 0 saturated heterocycles. The van der Waals surface area contributed by atoms with E-state index in [0.717, 1.165) is 6.07 Å². The molecule has 0 radical (unpaired) electrons. The summed E-state index contributed by atoms with van der Waals surface area (Å²) < 4.78 is 39.0. The Balaban J connectivity index is 2.19. The van der Waals surface area contributed by atoms with Gasteiger partial charge >= 0.3 is 6.18 Å². The van der Waals surface area contributed by atoms with Crippen LogP contribution < -0.4 is 11.1 Å². The molecule has 1 aromatic carbocycles. The van der Waals surface area contributed by atoms with E-state index in [1.807, 2.05) is 0 Å². The number of aromatic nitrogens is 1. The van der Waals surface area contributed by atoms with Gasteiger partial charge in [-0.3, -0.25) is 14.6 Å². The summed E-state index contributed by atoms with van der Waals surface area (Å²) in [7, 11) is 0. The van der Waals surface area contributed by atoms with E-state index >= 15 is 0 Å². The Morgan fingerprint density at radius 3 is 2.42 bits per heavy atom. The van der Waals surface area contributed by atoms with Crippen LogP contribution in [0.3, 0.4) is 0 Å². The number of pyridine rings is 1. The molecule has 0 saturated carbocycles. The number of hydrogen-bond donors (Lipinski definition) is 2. The average Bonchev–Trinajstić information content (AvgIpc) is 2.54. The first kappa shape index (κ1) is 17.5. The van der Waals surface area contributed by atoms with Gasteiger partial charge in [0.05, 0.1) is 16.8 Å². The molecule has 2 rings (SSSR count). The third-order valence-electron chi connectivity index (χ3n) is 3.19. The summed E-state index contributed by atoms with van der Waals surface area (Å²) in [6.07, 6.45) is -3.32. The fourth-order valence-corrected chi connectivity index (χ4v) is 2.04. The molecule has 0 unspecified atom stereocenters. The van der Waals surface area contributed by atoms with Crippen molar-refractivity contribution in [2.24, 2.45) is 5.73 Å². The number of carbonyl (C=O) groups excluding carboxylic acids is 2. The minimum atomic E-state index is -4.50. The predicted octanol–water partition coefficient (Wildman–Crippen LogP) is 2.37.